The zero-order valence-electron chi connectivity index (χ0n) is 15.6. The van der Waals surface area contributed by atoms with Gasteiger partial charge < -0.3 is 9.80 Å². The van der Waals surface area contributed by atoms with E-state index < -0.39 is 0 Å². The average Bonchev–Trinajstić information content (AvgIpc) is 3.13. The standard InChI is InChI=1S/C18H34N6/c1-3-5-11-17(23-14-12-22(4-2)13-15-23)18-19-20-21-24(18)16-9-7-6-8-10-16/h16-17H,3-15H2,1-2H3/p+2/t17-/m1/s1. The van der Waals surface area contributed by atoms with Crippen molar-refractivity contribution in [1.29, 1.82) is 0 Å². The molecule has 1 atom stereocenters. The predicted molar refractivity (Wildman–Crippen MR) is 94.1 cm³/mol. The van der Waals surface area contributed by atoms with Crippen molar-refractivity contribution >= 4 is 0 Å². The normalized spacial score (nSPS) is 27.2. The van der Waals surface area contributed by atoms with Gasteiger partial charge in [-0.05, 0) is 36.6 Å². The van der Waals surface area contributed by atoms with Gasteiger partial charge in [0.2, 0.25) is 5.82 Å². The number of aromatic nitrogens is 4. The van der Waals surface area contributed by atoms with E-state index in [0.29, 0.717) is 12.1 Å². The number of hydrogen-bond acceptors (Lipinski definition) is 3. The van der Waals surface area contributed by atoms with Crippen LogP contribution in [0.2, 0.25) is 0 Å². The van der Waals surface area contributed by atoms with Crippen molar-refractivity contribution in [2.45, 2.75) is 77.3 Å². The Kier molecular flexibility index (Phi) is 6.60. The number of unbranched alkanes of at least 4 members (excludes halogenated alkanes) is 1. The number of nitrogens with zero attached hydrogens (tertiary/aromatic N) is 4. The molecule has 136 valence electrons. The lowest BCUT2D eigenvalue weighted by Gasteiger charge is -2.34. The van der Waals surface area contributed by atoms with Crippen molar-refractivity contribution in [3.8, 4) is 0 Å². The SMILES string of the molecule is CCCC[C@H](c1nnnn1C1CCCCC1)[NH+]1CC[NH+](CC)CC1. The number of piperazine rings is 1. The van der Waals surface area contributed by atoms with Crippen molar-refractivity contribution in [1.82, 2.24) is 20.2 Å². The highest BCUT2D eigenvalue weighted by Crippen LogP contribution is 2.29. The smallest absolute Gasteiger partial charge is 0.209 e. The monoisotopic (exact) mass is 336 g/mol. The first-order chi connectivity index (χ1) is 11.8. The molecular weight excluding hydrogens is 300 g/mol. The molecule has 1 aromatic rings. The van der Waals surface area contributed by atoms with Crippen LogP contribution in [0.25, 0.3) is 0 Å². The molecule has 6 nitrogen and oxygen atoms in total. The molecule has 1 aliphatic carbocycles. The Bertz CT molecular complexity index is 474. The van der Waals surface area contributed by atoms with E-state index in [1.165, 1.54) is 89.9 Å². The van der Waals surface area contributed by atoms with Crippen LogP contribution in [0.3, 0.4) is 0 Å². The van der Waals surface area contributed by atoms with Gasteiger partial charge in [-0.25, -0.2) is 4.68 Å². The van der Waals surface area contributed by atoms with E-state index in [4.69, 9.17) is 0 Å². The fourth-order valence-corrected chi connectivity index (χ4v) is 4.57. The lowest BCUT2D eigenvalue weighted by atomic mass is 9.95. The van der Waals surface area contributed by atoms with Gasteiger partial charge in [-0.2, -0.15) is 0 Å². The fourth-order valence-electron chi connectivity index (χ4n) is 4.57. The first kappa shape index (κ1) is 17.8. The van der Waals surface area contributed by atoms with E-state index in [0.717, 1.165) is 0 Å². The van der Waals surface area contributed by atoms with Crippen molar-refractivity contribution in [2.75, 3.05) is 32.7 Å². The van der Waals surface area contributed by atoms with E-state index in [2.05, 4.69) is 34.1 Å². The average molecular weight is 337 g/mol. The van der Waals surface area contributed by atoms with Gasteiger partial charge in [0.15, 0.2) is 0 Å². The van der Waals surface area contributed by atoms with Crippen molar-refractivity contribution in [3.05, 3.63) is 5.82 Å². The van der Waals surface area contributed by atoms with Gasteiger partial charge in [-0.3, -0.25) is 0 Å². The zero-order valence-corrected chi connectivity index (χ0v) is 15.6. The molecule has 0 spiro atoms. The second-order valence-corrected chi connectivity index (χ2v) is 7.73. The van der Waals surface area contributed by atoms with Gasteiger partial charge in [0.05, 0.1) is 12.6 Å². The summed E-state index contributed by atoms with van der Waals surface area (Å²) in [5, 5.41) is 13.1. The van der Waals surface area contributed by atoms with Gasteiger partial charge in [0.25, 0.3) is 0 Å². The number of rotatable bonds is 7. The van der Waals surface area contributed by atoms with E-state index in [9.17, 15) is 0 Å². The summed E-state index contributed by atoms with van der Waals surface area (Å²) in [6.45, 7) is 10.9. The summed E-state index contributed by atoms with van der Waals surface area (Å²) in [5.74, 6) is 1.17. The molecule has 0 bridgehead atoms. The second kappa shape index (κ2) is 8.90. The minimum absolute atomic E-state index is 0.486. The van der Waals surface area contributed by atoms with Gasteiger partial charge in [-0.1, -0.05) is 32.6 Å². The van der Waals surface area contributed by atoms with Crippen LogP contribution >= 0.6 is 0 Å². The molecule has 1 aromatic heterocycles. The Morgan fingerprint density at radius 3 is 2.50 bits per heavy atom. The Morgan fingerprint density at radius 1 is 1.08 bits per heavy atom. The molecule has 3 rings (SSSR count). The number of nitrogens with one attached hydrogen (secondary N) is 2. The van der Waals surface area contributed by atoms with E-state index in [1.54, 1.807) is 9.80 Å². The summed E-state index contributed by atoms with van der Waals surface area (Å²) in [6, 6.07) is 1.02. The van der Waals surface area contributed by atoms with Crippen LogP contribution in [0, 0.1) is 0 Å². The molecule has 0 aromatic carbocycles. The van der Waals surface area contributed by atoms with Gasteiger partial charge in [0.1, 0.15) is 32.2 Å². The van der Waals surface area contributed by atoms with Crippen molar-refractivity contribution in [3.63, 3.8) is 0 Å². The Hall–Kier alpha value is -1.01. The summed E-state index contributed by atoms with van der Waals surface area (Å²) >= 11 is 0. The first-order valence-electron chi connectivity index (χ1n) is 10.3. The van der Waals surface area contributed by atoms with Gasteiger partial charge in [-0.15, -0.1) is 5.10 Å². The van der Waals surface area contributed by atoms with Crippen LogP contribution in [0.4, 0.5) is 0 Å². The van der Waals surface area contributed by atoms with Crippen LogP contribution in [-0.4, -0.2) is 52.9 Å². The van der Waals surface area contributed by atoms with E-state index >= 15 is 0 Å². The summed E-state index contributed by atoms with van der Waals surface area (Å²) in [7, 11) is 0. The van der Waals surface area contributed by atoms with Crippen LogP contribution in [-0.2, 0) is 0 Å². The quantitative estimate of drug-likeness (QED) is 0.749. The molecule has 2 N–H and O–H groups in total. The van der Waals surface area contributed by atoms with Crippen LogP contribution < -0.4 is 9.80 Å². The van der Waals surface area contributed by atoms with Crippen LogP contribution in [0.15, 0.2) is 0 Å². The molecule has 2 aliphatic rings. The third-order valence-electron chi connectivity index (χ3n) is 6.19. The maximum Gasteiger partial charge on any atom is 0.209 e. The minimum atomic E-state index is 0.486. The third-order valence-corrected chi connectivity index (χ3v) is 6.19. The molecule has 0 radical (unpaired) electrons. The van der Waals surface area contributed by atoms with Crippen LogP contribution in [0.5, 0.6) is 0 Å². The Labute approximate surface area is 146 Å². The molecule has 2 fully saturated rings. The lowest BCUT2D eigenvalue weighted by molar-refractivity contribution is -1.03. The molecule has 6 heteroatoms. The molecule has 2 heterocycles. The number of hydrogen-bond donors (Lipinski definition) is 2. The van der Waals surface area contributed by atoms with E-state index in [-0.39, 0.29) is 0 Å². The fraction of sp³-hybridized carbons (Fsp3) is 0.944. The molecular formula is C18H36N6+2. The summed E-state index contributed by atoms with van der Waals surface area (Å²) in [4.78, 5) is 3.47. The maximum atomic E-state index is 4.53. The predicted octanol–water partition coefficient (Wildman–Crippen LogP) is 0.213. The van der Waals surface area contributed by atoms with Gasteiger partial charge >= 0.3 is 0 Å². The van der Waals surface area contributed by atoms with Gasteiger partial charge in [0, 0.05) is 6.42 Å². The molecule has 0 amide bonds. The highest BCUT2D eigenvalue weighted by atomic mass is 15.6. The number of likely N-dealkylation sites (N-methyl/N-ethyl adjacent to an activating group) is 1. The Balaban J connectivity index is 1.75. The highest BCUT2D eigenvalue weighted by Gasteiger charge is 2.34. The largest absolute Gasteiger partial charge is 0.326 e. The zero-order chi connectivity index (χ0) is 16.8. The number of quaternary nitrogens is 2. The van der Waals surface area contributed by atoms with Crippen molar-refractivity contribution in [2.24, 2.45) is 0 Å². The highest BCUT2D eigenvalue weighted by molar-refractivity contribution is 4.91. The summed E-state index contributed by atoms with van der Waals surface area (Å²) in [6.07, 6.45) is 10.3. The van der Waals surface area contributed by atoms with Crippen molar-refractivity contribution < 1.29 is 9.80 Å². The summed E-state index contributed by atoms with van der Waals surface area (Å²) < 4.78 is 2.21. The molecule has 24 heavy (non-hydrogen) atoms. The number of tetrazole rings is 1. The third kappa shape index (κ3) is 4.14. The first-order valence-corrected chi connectivity index (χ1v) is 10.3. The van der Waals surface area contributed by atoms with Crippen LogP contribution in [0.1, 0.15) is 83.1 Å². The minimum Gasteiger partial charge on any atom is -0.326 e. The molecule has 0 unspecified atom stereocenters. The topological polar surface area (TPSA) is 52.5 Å². The van der Waals surface area contributed by atoms with E-state index in [1.807, 2.05) is 0 Å². The second-order valence-electron chi connectivity index (χ2n) is 7.73. The lowest BCUT2D eigenvalue weighted by Crippen LogP contribution is -3.28. The molecule has 1 aliphatic heterocycles. The molecule has 1 saturated heterocycles. The molecule has 1 saturated carbocycles. The Morgan fingerprint density at radius 2 is 1.83 bits per heavy atom. The maximum absolute atomic E-state index is 4.53. The summed E-state index contributed by atoms with van der Waals surface area (Å²) in [5.41, 5.74) is 0.